The first-order valence-electron chi connectivity index (χ1n) is 7.25. The molecule has 0 amide bonds. The van der Waals surface area contributed by atoms with Gasteiger partial charge in [0.05, 0.1) is 12.7 Å². The molecule has 0 fully saturated rings. The van der Waals surface area contributed by atoms with Crippen LogP contribution in [0.4, 0.5) is 0 Å². The molecule has 1 unspecified atom stereocenters. The first-order valence-corrected chi connectivity index (χ1v) is 7.25. The number of ether oxygens (including phenoxy) is 2. The van der Waals surface area contributed by atoms with Gasteiger partial charge in [0.15, 0.2) is 11.5 Å². The van der Waals surface area contributed by atoms with E-state index >= 15 is 0 Å². The third-order valence-corrected chi connectivity index (χ3v) is 3.31. The zero-order valence-electron chi connectivity index (χ0n) is 13.0. The quantitative estimate of drug-likeness (QED) is 0.683. The predicted molar refractivity (Wildman–Crippen MR) is 81.4 cm³/mol. The van der Waals surface area contributed by atoms with Crippen molar-refractivity contribution >= 4 is 0 Å². The monoisotopic (exact) mass is 281 g/mol. The topological polar surface area (TPSA) is 50.7 Å². The summed E-state index contributed by atoms with van der Waals surface area (Å²) >= 11 is 0. The molecule has 0 bridgehead atoms. The van der Waals surface area contributed by atoms with E-state index in [4.69, 9.17) is 9.47 Å². The smallest absolute Gasteiger partial charge is 0.165 e. The fraction of sp³-hybridized carbons (Fsp3) is 0.625. The number of methoxy groups -OCH3 is 1. The summed E-state index contributed by atoms with van der Waals surface area (Å²) in [5.74, 6) is 1.42. The second kappa shape index (κ2) is 8.12. The van der Waals surface area contributed by atoms with E-state index < -0.39 is 5.60 Å². The van der Waals surface area contributed by atoms with Crippen LogP contribution in [0.15, 0.2) is 18.2 Å². The van der Waals surface area contributed by atoms with E-state index in [9.17, 15) is 5.11 Å². The molecule has 0 spiro atoms. The van der Waals surface area contributed by atoms with Gasteiger partial charge in [-0.3, -0.25) is 0 Å². The number of hydrogen-bond acceptors (Lipinski definition) is 4. The Morgan fingerprint density at radius 1 is 1.30 bits per heavy atom. The fourth-order valence-electron chi connectivity index (χ4n) is 1.75. The van der Waals surface area contributed by atoms with Crippen molar-refractivity contribution in [2.45, 2.75) is 45.8 Å². The van der Waals surface area contributed by atoms with E-state index in [0.717, 1.165) is 25.1 Å². The standard InChI is InChI=1S/C16H27NO3/c1-5-10-17-11-13-8-7-9-14(19-4)15(13)20-12-16(3,18)6-2/h7-9,17-18H,5-6,10-12H2,1-4H3. The molecule has 0 saturated carbocycles. The van der Waals surface area contributed by atoms with Crippen molar-refractivity contribution < 1.29 is 14.6 Å². The Hall–Kier alpha value is -1.26. The number of para-hydroxylation sites is 1. The minimum Gasteiger partial charge on any atom is -0.493 e. The van der Waals surface area contributed by atoms with Crippen LogP contribution in [0.1, 0.15) is 39.2 Å². The molecule has 1 aromatic carbocycles. The Bertz CT molecular complexity index is 405. The Morgan fingerprint density at radius 2 is 2.05 bits per heavy atom. The summed E-state index contributed by atoms with van der Waals surface area (Å²) in [4.78, 5) is 0. The molecule has 4 heteroatoms. The van der Waals surface area contributed by atoms with Crippen molar-refractivity contribution in [3.63, 3.8) is 0 Å². The summed E-state index contributed by atoms with van der Waals surface area (Å²) in [6.07, 6.45) is 1.73. The molecule has 4 nitrogen and oxygen atoms in total. The number of hydrogen-bond donors (Lipinski definition) is 2. The summed E-state index contributed by atoms with van der Waals surface area (Å²) in [5.41, 5.74) is 0.222. The van der Waals surface area contributed by atoms with Gasteiger partial charge in [0, 0.05) is 12.1 Å². The zero-order valence-corrected chi connectivity index (χ0v) is 13.0. The number of rotatable bonds is 9. The van der Waals surface area contributed by atoms with Crippen molar-refractivity contribution in [3.8, 4) is 11.5 Å². The van der Waals surface area contributed by atoms with Gasteiger partial charge in [-0.15, -0.1) is 0 Å². The van der Waals surface area contributed by atoms with E-state index in [0.29, 0.717) is 17.9 Å². The molecule has 1 aromatic rings. The second-order valence-electron chi connectivity index (χ2n) is 5.26. The molecular formula is C16H27NO3. The Balaban J connectivity index is 2.83. The van der Waals surface area contributed by atoms with Crippen LogP contribution in [0.3, 0.4) is 0 Å². The van der Waals surface area contributed by atoms with Gasteiger partial charge in [0.25, 0.3) is 0 Å². The summed E-state index contributed by atoms with van der Waals surface area (Å²) < 4.78 is 11.2. The average molecular weight is 281 g/mol. The van der Waals surface area contributed by atoms with E-state index in [1.54, 1.807) is 14.0 Å². The van der Waals surface area contributed by atoms with Crippen molar-refractivity contribution in [1.29, 1.82) is 0 Å². The van der Waals surface area contributed by atoms with Gasteiger partial charge >= 0.3 is 0 Å². The van der Waals surface area contributed by atoms with Crippen LogP contribution in [0, 0.1) is 0 Å². The third-order valence-electron chi connectivity index (χ3n) is 3.31. The molecule has 0 aliphatic heterocycles. The SMILES string of the molecule is CCCNCc1cccc(OC)c1OCC(C)(O)CC. The lowest BCUT2D eigenvalue weighted by molar-refractivity contribution is 0.00743. The van der Waals surface area contributed by atoms with Crippen molar-refractivity contribution in [3.05, 3.63) is 23.8 Å². The molecule has 0 aliphatic rings. The predicted octanol–water partition coefficient (Wildman–Crippen LogP) is 2.73. The van der Waals surface area contributed by atoms with Gasteiger partial charge in [0.2, 0.25) is 0 Å². The maximum absolute atomic E-state index is 10.1. The lowest BCUT2D eigenvalue weighted by Gasteiger charge is -2.23. The third kappa shape index (κ3) is 5.02. The van der Waals surface area contributed by atoms with Gasteiger partial charge in [-0.25, -0.2) is 0 Å². The number of benzene rings is 1. The Kier molecular flexibility index (Phi) is 6.82. The van der Waals surface area contributed by atoms with Crippen LogP contribution in [0.2, 0.25) is 0 Å². The molecule has 20 heavy (non-hydrogen) atoms. The molecule has 0 aliphatic carbocycles. The van der Waals surface area contributed by atoms with Crippen LogP contribution in [-0.4, -0.2) is 31.0 Å². The van der Waals surface area contributed by atoms with Gasteiger partial charge < -0.3 is 19.9 Å². The highest BCUT2D eigenvalue weighted by atomic mass is 16.5. The van der Waals surface area contributed by atoms with Gasteiger partial charge in [-0.1, -0.05) is 26.0 Å². The fourth-order valence-corrected chi connectivity index (χ4v) is 1.75. The molecular weight excluding hydrogens is 254 g/mol. The van der Waals surface area contributed by atoms with Crippen LogP contribution < -0.4 is 14.8 Å². The minimum atomic E-state index is -0.824. The van der Waals surface area contributed by atoms with E-state index in [2.05, 4.69) is 12.2 Å². The summed E-state index contributed by atoms with van der Waals surface area (Å²) in [7, 11) is 1.63. The van der Waals surface area contributed by atoms with Crippen LogP contribution in [0.25, 0.3) is 0 Å². The van der Waals surface area contributed by atoms with Crippen molar-refractivity contribution in [1.82, 2.24) is 5.32 Å². The van der Waals surface area contributed by atoms with Crippen LogP contribution in [0.5, 0.6) is 11.5 Å². The summed E-state index contributed by atoms with van der Waals surface area (Å²) in [6.45, 7) is 7.80. The van der Waals surface area contributed by atoms with E-state index in [1.807, 2.05) is 25.1 Å². The summed E-state index contributed by atoms with van der Waals surface area (Å²) in [6, 6.07) is 5.84. The van der Waals surface area contributed by atoms with Crippen molar-refractivity contribution in [2.75, 3.05) is 20.3 Å². The average Bonchev–Trinajstić information content (AvgIpc) is 2.45. The minimum absolute atomic E-state index is 0.255. The lowest BCUT2D eigenvalue weighted by atomic mass is 10.1. The van der Waals surface area contributed by atoms with Gasteiger partial charge in [-0.2, -0.15) is 0 Å². The Labute approximate surface area is 122 Å². The van der Waals surface area contributed by atoms with E-state index in [1.165, 1.54) is 0 Å². The highest BCUT2D eigenvalue weighted by Crippen LogP contribution is 2.32. The largest absolute Gasteiger partial charge is 0.493 e. The van der Waals surface area contributed by atoms with Crippen LogP contribution >= 0.6 is 0 Å². The summed E-state index contributed by atoms with van der Waals surface area (Å²) in [5, 5.41) is 13.4. The van der Waals surface area contributed by atoms with Crippen LogP contribution in [-0.2, 0) is 6.54 Å². The normalized spacial score (nSPS) is 13.8. The van der Waals surface area contributed by atoms with Gasteiger partial charge in [-0.05, 0) is 32.4 Å². The second-order valence-corrected chi connectivity index (χ2v) is 5.26. The van der Waals surface area contributed by atoms with Gasteiger partial charge in [0.1, 0.15) is 6.61 Å². The first-order chi connectivity index (χ1) is 9.54. The zero-order chi connectivity index (χ0) is 15.0. The lowest BCUT2D eigenvalue weighted by Crippen LogP contribution is -2.31. The van der Waals surface area contributed by atoms with Crippen molar-refractivity contribution in [2.24, 2.45) is 0 Å². The maximum atomic E-state index is 10.1. The first kappa shape index (κ1) is 16.8. The molecule has 2 N–H and O–H groups in total. The highest BCUT2D eigenvalue weighted by molar-refractivity contribution is 5.46. The molecule has 0 saturated heterocycles. The molecule has 1 rings (SSSR count). The van der Waals surface area contributed by atoms with E-state index in [-0.39, 0.29) is 6.61 Å². The molecule has 1 atom stereocenters. The maximum Gasteiger partial charge on any atom is 0.165 e. The highest BCUT2D eigenvalue weighted by Gasteiger charge is 2.20. The molecule has 0 heterocycles. The molecule has 0 aromatic heterocycles. The Morgan fingerprint density at radius 3 is 2.65 bits per heavy atom. The number of nitrogens with one attached hydrogen (secondary N) is 1. The number of aliphatic hydroxyl groups is 1. The molecule has 114 valence electrons. The molecule has 0 radical (unpaired) electrons.